The van der Waals surface area contributed by atoms with Crippen molar-refractivity contribution in [1.29, 1.82) is 0 Å². The van der Waals surface area contributed by atoms with Crippen LogP contribution in [0.3, 0.4) is 0 Å². The van der Waals surface area contributed by atoms with Gasteiger partial charge in [0, 0.05) is 18.6 Å². The maximum Gasteiger partial charge on any atom is 0.0432 e. The molecule has 0 aliphatic carbocycles. The van der Waals surface area contributed by atoms with Gasteiger partial charge in [0.25, 0.3) is 0 Å². The first-order valence-electron chi connectivity index (χ1n) is 3.87. The van der Waals surface area contributed by atoms with Crippen molar-refractivity contribution in [2.75, 3.05) is 19.6 Å². The van der Waals surface area contributed by atoms with Crippen LogP contribution in [-0.4, -0.2) is 25.2 Å². The lowest BCUT2D eigenvalue weighted by atomic mass is 9.84. The summed E-state index contributed by atoms with van der Waals surface area (Å²) in [5.41, 5.74) is 0.540. The molecule has 68 valence electrons. The second kappa shape index (κ2) is 4.51. The van der Waals surface area contributed by atoms with Crippen LogP contribution in [0.4, 0.5) is 0 Å². The van der Waals surface area contributed by atoms with Gasteiger partial charge in [-0.15, -0.1) is 24.8 Å². The third kappa shape index (κ3) is 2.22. The van der Waals surface area contributed by atoms with Crippen LogP contribution in [0.15, 0.2) is 0 Å². The lowest BCUT2D eigenvalue weighted by Crippen LogP contribution is -2.68. The predicted octanol–water partition coefficient (Wildman–Crippen LogP) is 0.945. The molecular formula is C7H16Cl2N2. The molecule has 2 nitrogen and oxygen atoms in total. The number of nitrogens with one attached hydrogen (secondary N) is 2. The Hall–Kier alpha value is 0.500. The van der Waals surface area contributed by atoms with E-state index < -0.39 is 0 Å². The summed E-state index contributed by atoms with van der Waals surface area (Å²) >= 11 is 0. The van der Waals surface area contributed by atoms with Crippen LogP contribution in [0.2, 0.25) is 0 Å². The molecule has 2 aliphatic rings. The Morgan fingerprint density at radius 3 is 2.00 bits per heavy atom. The molecule has 0 aromatic rings. The van der Waals surface area contributed by atoms with Crippen molar-refractivity contribution in [2.24, 2.45) is 0 Å². The van der Waals surface area contributed by atoms with Crippen molar-refractivity contribution >= 4 is 24.8 Å². The van der Waals surface area contributed by atoms with Gasteiger partial charge in [0.2, 0.25) is 0 Å². The summed E-state index contributed by atoms with van der Waals surface area (Å²) in [7, 11) is 0. The fourth-order valence-corrected chi connectivity index (χ4v) is 1.76. The summed E-state index contributed by atoms with van der Waals surface area (Å²) in [5.74, 6) is 0. The van der Waals surface area contributed by atoms with E-state index in [4.69, 9.17) is 0 Å². The lowest BCUT2D eigenvalue weighted by Gasteiger charge is -2.46. The standard InChI is InChI=1S/C7H14N2.2ClH/c1-2-4-9-7(3-1)5-8-6-7;;/h8-9H,1-6H2;2*1H. The fourth-order valence-electron chi connectivity index (χ4n) is 1.76. The minimum Gasteiger partial charge on any atom is -0.313 e. The second-order valence-corrected chi connectivity index (χ2v) is 3.27. The topological polar surface area (TPSA) is 24.1 Å². The first-order chi connectivity index (χ1) is 4.41. The average Bonchev–Trinajstić information content (AvgIpc) is 1.87. The second-order valence-electron chi connectivity index (χ2n) is 3.27. The lowest BCUT2D eigenvalue weighted by molar-refractivity contribution is 0.169. The Morgan fingerprint density at radius 2 is 1.73 bits per heavy atom. The molecule has 0 unspecified atom stereocenters. The zero-order valence-electron chi connectivity index (χ0n) is 6.56. The molecule has 2 saturated heterocycles. The minimum absolute atomic E-state index is 0. The van der Waals surface area contributed by atoms with E-state index in [0.717, 1.165) is 0 Å². The highest BCUT2D eigenvalue weighted by Crippen LogP contribution is 2.22. The molecule has 0 amide bonds. The molecule has 0 saturated carbocycles. The number of hydrogen-bond donors (Lipinski definition) is 2. The van der Waals surface area contributed by atoms with E-state index in [1.807, 2.05) is 0 Å². The molecule has 2 rings (SSSR count). The van der Waals surface area contributed by atoms with Crippen molar-refractivity contribution in [3.8, 4) is 0 Å². The molecular weight excluding hydrogens is 183 g/mol. The van der Waals surface area contributed by atoms with Gasteiger partial charge in [-0.2, -0.15) is 0 Å². The van der Waals surface area contributed by atoms with E-state index >= 15 is 0 Å². The van der Waals surface area contributed by atoms with Crippen molar-refractivity contribution in [3.05, 3.63) is 0 Å². The average molecular weight is 199 g/mol. The Bertz CT molecular complexity index is 107. The van der Waals surface area contributed by atoms with E-state index in [2.05, 4.69) is 10.6 Å². The van der Waals surface area contributed by atoms with E-state index in [1.54, 1.807) is 0 Å². The number of hydrogen-bond acceptors (Lipinski definition) is 2. The maximum absolute atomic E-state index is 3.57. The first kappa shape index (κ1) is 11.5. The normalized spacial score (nSPS) is 26.2. The van der Waals surface area contributed by atoms with Gasteiger partial charge in [-0.25, -0.2) is 0 Å². The molecule has 11 heavy (non-hydrogen) atoms. The summed E-state index contributed by atoms with van der Waals surface area (Å²) in [6.07, 6.45) is 4.19. The molecule has 0 aromatic heterocycles. The van der Waals surface area contributed by atoms with Gasteiger partial charge < -0.3 is 10.6 Å². The first-order valence-corrected chi connectivity index (χ1v) is 3.87. The highest BCUT2D eigenvalue weighted by Gasteiger charge is 2.36. The number of rotatable bonds is 0. The van der Waals surface area contributed by atoms with E-state index in [9.17, 15) is 0 Å². The van der Waals surface area contributed by atoms with Gasteiger partial charge in [0.1, 0.15) is 0 Å². The van der Waals surface area contributed by atoms with Crippen molar-refractivity contribution in [2.45, 2.75) is 24.8 Å². The van der Waals surface area contributed by atoms with Crippen LogP contribution in [-0.2, 0) is 0 Å². The largest absolute Gasteiger partial charge is 0.313 e. The van der Waals surface area contributed by atoms with Crippen LogP contribution >= 0.6 is 24.8 Å². The molecule has 2 aliphatic heterocycles. The molecule has 0 bridgehead atoms. The molecule has 4 heteroatoms. The van der Waals surface area contributed by atoms with Crippen LogP contribution in [0.5, 0.6) is 0 Å². The smallest absolute Gasteiger partial charge is 0.0432 e. The van der Waals surface area contributed by atoms with Crippen LogP contribution in [0.1, 0.15) is 19.3 Å². The van der Waals surface area contributed by atoms with Crippen molar-refractivity contribution in [3.63, 3.8) is 0 Å². The molecule has 0 radical (unpaired) electrons. The van der Waals surface area contributed by atoms with Gasteiger partial charge in [-0.05, 0) is 19.4 Å². The summed E-state index contributed by atoms with van der Waals surface area (Å²) in [6.45, 7) is 3.64. The number of halogens is 2. The Balaban J connectivity index is 0.000000500. The Kier molecular flexibility index (Phi) is 4.71. The minimum atomic E-state index is 0. The Labute approximate surface area is 80.3 Å². The van der Waals surface area contributed by atoms with Crippen molar-refractivity contribution < 1.29 is 0 Å². The third-order valence-electron chi connectivity index (χ3n) is 2.51. The summed E-state index contributed by atoms with van der Waals surface area (Å²) in [4.78, 5) is 0. The molecule has 2 fully saturated rings. The SMILES string of the molecule is C1CCC2(CNC2)NC1.Cl.Cl. The van der Waals surface area contributed by atoms with E-state index in [1.165, 1.54) is 38.9 Å². The zero-order chi connectivity index (χ0) is 6.16. The quantitative estimate of drug-likeness (QED) is 0.606. The van der Waals surface area contributed by atoms with Gasteiger partial charge >= 0.3 is 0 Å². The molecule has 0 aromatic carbocycles. The van der Waals surface area contributed by atoms with Gasteiger partial charge in [-0.3, -0.25) is 0 Å². The summed E-state index contributed by atoms with van der Waals surface area (Å²) in [5, 5.41) is 6.88. The highest BCUT2D eigenvalue weighted by molar-refractivity contribution is 5.85. The summed E-state index contributed by atoms with van der Waals surface area (Å²) < 4.78 is 0. The fraction of sp³-hybridized carbons (Fsp3) is 1.00. The molecule has 2 N–H and O–H groups in total. The van der Waals surface area contributed by atoms with Gasteiger partial charge in [0.15, 0.2) is 0 Å². The molecule has 1 spiro atoms. The molecule has 0 atom stereocenters. The van der Waals surface area contributed by atoms with E-state index in [0.29, 0.717) is 5.54 Å². The van der Waals surface area contributed by atoms with Crippen LogP contribution in [0, 0.1) is 0 Å². The van der Waals surface area contributed by atoms with Gasteiger partial charge in [0.05, 0.1) is 0 Å². The third-order valence-corrected chi connectivity index (χ3v) is 2.51. The van der Waals surface area contributed by atoms with Gasteiger partial charge in [-0.1, -0.05) is 6.42 Å². The summed E-state index contributed by atoms with van der Waals surface area (Å²) in [6, 6.07) is 0. The zero-order valence-corrected chi connectivity index (χ0v) is 8.19. The monoisotopic (exact) mass is 198 g/mol. The van der Waals surface area contributed by atoms with Crippen molar-refractivity contribution in [1.82, 2.24) is 10.6 Å². The number of piperidine rings is 1. The molecule has 2 heterocycles. The Morgan fingerprint density at radius 1 is 1.00 bits per heavy atom. The maximum atomic E-state index is 3.57. The van der Waals surface area contributed by atoms with E-state index in [-0.39, 0.29) is 24.8 Å². The van der Waals surface area contributed by atoms with Crippen LogP contribution < -0.4 is 10.6 Å². The van der Waals surface area contributed by atoms with Crippen LogP contribution in [0.25, 0.3) is 0 Å². The predicted molar refractivity (Wildman–Crippen MR) is 52.0 cm³/mol. The highest BCUT2D eigenvalue weighted by atomic mass is 35.5.